The van der Waals surface area contributed by atoms with Gasteiger partial charge in [-0.2, -0.15) is 0 Å². The quantitative estimate of drug-likeness (QED) is 0.679. The summed E-state index contributed by atoms with van der Waals surface area (Å²) < 4.78 is 0. The van der Waals surface area contributed by atoms with E-state index in [1.54, 1.807) is 0 Å². The molecule has 1 aliphatic carbocycles. The topological polar surface area (TPSA) is 26.0 Å². The lowest BCUT2D eigenvalue weighted by molar-refractivity contribution is 0.129. The minimum atomic E-state index is 0. The Labute approximate surface area is 69.8 Å². The molecule has 0 saturated heterocycles. The molecule has 0 spiro atoms. The summed E-state index contributed by atoms with van der Waals surface area (Å²) in [6.07, 6.45) is 6.84. The molecule has 0 amide bonds. The number of nitrogens with two attached hydrogens (primary N) is 1. The van der Waals surface area contributed by atoms with Crippen LogP contribution in [-0.4, -0.2) is 6.54 Å². The minimum absolute atomic E-state index is 0. The molecule has 0 aromatic rings. The average Bonchev–Trinajstić information content (AvgIpc) is 1.79. The lowest BCUT2D eigenvalue weighted by atomic mass is 9.66. The summed E-state index contributed by atoms with van der Waals surface area (Å²) in [6.45, 7) is 3.16. The van der Waals surface area contributed by atoms with Crippen molar-refractivity contribution in [3.05, 3.63) is 0 Å². The predicted octanol–water partition coefficient (Wildman–Crippen LogP) is 2.34. The third-order valence-electron chi connectivity index (χ3n) is 2.63. The fraction of sp³-hybridized carbons (Fsp3) is 1.00. The second-order valence-electron chi connectivity index (χ2n) is 3.31. The van der Waals surface area contributed by atoms with Crippen molar-refractivity contribution in [3.8, 4) is 0 Å². The first kappa shape index (κ1) is 10.2. The van der Waals surface area contributed by atoms with Gasteiger partial charge >= 0.3 is 0 Å². The van der Waals surface area contributed by atoms with Crippen LogP contribution >= 0.6 is 12.4 Å². The van der Waals surface area contributed by atoms with Crippen LogP contribution in [0, 0.1) is 5.41 Å². The van der Waals surface area contributed by atoms with E-state index in [0.717, 1.165) is 6.54 Å². The van der Waals surface area contributed by atoms with Crippen LogP contribution in [-0.2, 0) is 0 Å². The van der Waals surface area contributed by atoms with E-state index in [4.69, 9.17) is 5.73 Å². The van der Waals surface area contributed by atoms with Gasteiger partial charge in [0.05, 0.1) is 0 Å². The number of rotatable bonds is 3. The highest BCUT2D eigenvalue weighted by Crippen LogP contribution is 2.43. The van der Waals surface area contributed by atoms with Crippen molar-refractivity contribution in [1.82, 2.24) is 0 Å². The Morgan fingerprint density at radius 3 is 2.10 bits per heavy atom. The standard InChI is InChI=1S/C8H17N.ClH/c1-2-4-8(7-9)5-3-6-8;/h2-7,9H2,1H3;1H. The molecular formula is C8H18ClN. The molecule has 1 nitrogen and oxygen atoms in total. The molecule has 0 atom stereocenters. The first-order chi connectivity index (χ1) is 4.33. The highest BCUT2D eigenvalue weighted by molar-refractivity contribution is 5.85. The first-order valence-electron chi connectivity index (χ1n) is 4.03. The van der Waals surface area contributed by atoms with Crippen LogP contribution in [0.3, 0.4) is 0 Å². The van der Waals surface area contributed by atoms with Crippen molar-refractivity contribution in [2.45, 2.75) is 39.0 Å². The number of halogens is 1. The monoisotopic (exact) mass is 163 g/mol. The molecule has 1 aliphatic rings. The fourth-order valence-electron chi connectivity index (χ4n) is 1.76. The maximum absolute atomic E-state index is 5.65. The smallest absolute Gasteiger partial charge is 0.00205 e. The molecule has 10 heavy (non-hydrogen) atoms. The van der Waals surface area contributed by atoms with Crippen LogP contribution < -0.4 is 5.73 Å². The molecular weight excluding hydrogens is 146 g/mol. The summed E-state index contributed by atoms with van der Waals surface area (Å²) in [6, 6.07) is 0. The van der Waals surface area contributed by atoms with E-state index in [2.05, 4.69) is 6.92 Å². The van der Waals surface area contributed by atoms with E-state index in [0.29, 0.717) is 5.41 Å². The third kappa shape index (κ3) is 1.86. The van der Waals surface area contributed by atoms with Gasteiger partial charge in [-0.1, -0.05) is 19.8 Å². The van der Waals surface area contributed by atoms with Gasteiger partial charge in [-0.3, -0.25) is 0 Å². The van der Waals surface area contributed by atoms with Crippen molar-refractivity contribution in [3.63, 3.8) is 0 Å². The zero-order valence-corrected chi connectivity index (χ0v) is 7.54. The highest BCUT2D eigenvalue weighted by atomic mass is 35.5. The first-order valence-corrected chi connectivity index (χ1v) is 4.03. The van der Waals surface area contributed by atoms with Crippen LogP contribution in [0.1, 0.15) is 39.0 Å². The molecule has 0 unspecified atom stereocenters. The normalized spacial score (nSPS) is 21.0. The van der Waals surface area contributed by atoms with Gasteiger partial charge in [-0.05, 0) is 31.2 Å². The lowest BCUT2D eigenvalue weighted by Gasteiger charge is -2.40. The molecule has 0 aliphatic heterocycles. The van der Waals surface area contributed by atoms with Crippen molar-refractivity contribution in [1.29, 1.82) is 0 Å². The molecule has 0 heterocycles. The van der Waals surface area contributed by atoms with E-state index in [1.807, 2.05) is 0 Å². The van der Waals surface area contributed by atoms with Crippen LogP contribution in [0.15, 0.2) is 0 Å². The molecule has 2 heteroatoms. The number of hydrogen-bond donors (Lipinski definition) is 1. The summed E-state index contributed by atoms with van der Waals surface area (Å²) in [5.41, 5.74) is 6.25. The van der Waals surface area contributed by atoms with Gasteiger partial charge in [-0.15, -0.1) is 12.4 Å². The fourth-order valence-corrected chi connectivity index (χ4v) is 1.76. The maximum Gasteiger partial charge on any atom is -0.00205 e. The predicted molar refractivity (Wildman–Crippen MR) is 47.5 cm³/mol. The second-order valence-corrected chi connectivity index (χ2v) is 3.31. The Kier molecular flexibility index (Phi) is 4.30. The number of hydrogen-bond acceptors (Lipinski definition) is 1. The van der Waals surface area contributed by atoms with Crippen LogP contribution in [0.2, 0.25) is 0 Å². The Morgan fingerprint density at radius 2 is 2.00 bits per heavy atom. The summed E-state index contributed by atoms with van der Waals surface area (Å²) in [5, 5.41) is 0. The molecule has 0 aromatic heterocycles. The molecule has 1 rings (SSSR count). The molecule has 0 radical (unpaired) electrons. The van der Waals surface area contributed by atoms with E-state index in [9.17, 15) is 0 Å². The maximum atomic E-state index is 5.65. The van der Waals surface area contributed by atoms with Gasteiger partial charge in [0.25, 0.3) is 0 Å². The van der Waals surface area contributed by atoms with Gasteiger partial charge in [0, 0.05) is 0 Å². The largest absolute Gasteiger partial charge is 0.330 e. The lowest BCUT2D eigenvalue weighted by Crippen LogP contribution is -2.36. The van der Waals surface area contributed by atoms with Gasteiger partial charge in [0.2, 0.25) is 0 Å². The van der Waals surface area contributed by atoms with Crippen LogP contribution in [0.5, 0.6) is 0 Å². The summed E-state index contributed by atoms with van der Waals surface area (Å²) >= 11 is 0. The Bertz CT molecular complexity index is 83.7. The molecule has 1 saturated carbocycles. The Hall–Kier alpha value is 0.250. The van der Waals surface area contributed by atoms with Gasteiger partial charge in [0.15, 0.2) is 0 Å². The summed E-state index contributed by atoms with van der Waals surface area (Å²) in [4.78, 5) is 0. The van der Waals surface area contributed by atoms with Gasteiger partial charge in [0.1, 0.15) is 0 Å². The zero-order valence-electron chi connectivity index (χ0n) is 6.73. The van der Waals surface area contributed by atoms with Crippen molar-refractivity contribution >= 4 is 12.4 Å². The molecule has 2 N–H and O–H groups in total. The molecule has 1 fully saturated rings. The highest BCUT2D eigenvalue weighted by Gasteiger charge is 2.33. The summed E-state index contributed by atoms with van der Waals surface area (Å²) in [5.74, 6) is 0. The van der Waals surface area contributed by atoms with E-state index in [1.165, 1.54) is 32.1 Å². The van der Waals surface area contributed by atoms with E-state index in [-0.39, 0.29) is 12.4 Å². The summed E-state index contributed by atoms with van der Waals surface area (Å²) in [7, 11) is 0. The Morgan fingerprint density at radius 1 is 1.40 bits per heavy atom. The van der Waals surface area contributed by atoms with E-state index >= 15 is 0 Å². The minimum Gasteiger partial charge on any atom is -0.330 e. The van der Waals surface area contributed by atoms with Crippen molar-refractivity contribution in [2.75, 3.05) is 6.54 Å². The van der Waals surface area contributed by atoms with Crippen molar-refractivity contribution in [2.24, 2.45) is 11.1 Å². The zero-order chi connectivity index (χ0) is 6.74. The van der Waals surface area contributed by atoms with Gasteiger partial charge in [-0.25, -0.2) is 0 Å². The second kappa shape index (κ2) is 4.20. The van der Waals surface area contributed by atoms with Gasteiger partial charge < -0.3 is 5.73 Å². The van der Waals surface area contributed by atoms with E-state index < -0.39 is 0 Å². The van der Waals surface area contributed by atoms with Crippen LogP contribution in [0.4, 0.5) is 0 Å². The average molecular weight is 164 g/mol. The van der Waals surface area contributed by atoms with Crippen LogP contribution in [0.25, 0.3) is 0 Å². The third-order valence-corrected chi connectivity index (χ3v) is 2.63. The molecule has 62 valence electrons. The molecule has 0 bridgehead atoms. The SMILES string of the molecule is CCCC1(CN)CCC1.Cl. The molecule has 0 aromatic carbocycles. The Balaban J connectivity index is 0.000000810. The van der Waals surface area contributed by atoms with Crippen molar-refractivity contribution < 1.29 is 0 Å².